The van der Waals surface area contributed by atoms with Gasteiger partial charge in [0.25, 0.3) is 5.91 Å². The lowest BCUT2D eigenvalue weighted by Gasteiger charge is -2.46. The molecule has 0 radical (unpaired) electrons. The Morgan fingerprint density at radius 1 is 1.31 bits per heavy atom. The summed E-state index contributed by atoms with van der Waals surface area (Å²) < 4.78 is 46.1. The van der Waals surface area contributed by atoms with Gasteiger partial charge in [-0.1, -0.05) is 23.9 Å². The number of primary amides is 1. The molecular formula is C19H26F3N2O4S+. The number of ether oxygens (including phenoxy) is 1. The van der Waals surface area contributed by atoms with Crippen LogP contribution in [-0.2, 0) is 11.2 Å². The maximum atomic E-state index is 13.8. The molecule has 1 aliphatic heterocycles. The lowest BCUT2D eigenvalue weighted by atomic mass is 10.0. The molecule has 10 heteroatoms. The van der Waals surface area contributed by atoms with Gasteiger partial charge in [-0.15, -0.1) is 0 Å². The maximum Gasteiger partial charge on any atom is 0.452 e. The standard InChI is InChI=1S/C19H25F3N2O4S/c1-12(9-14-3-5-15(6-4-14)28-10-17(23)27)24(7-8-25)16(13(2)26)11-29-18(24)19(20,21)22/h3-6,11-13,18,25-26H,7-10H2,1-2H3,(H-,23,27)/p+1. The van der Waals surface area contributed by atoms with Crippen molar-refractivity contribution >= 4 is 17.7 Å². The van der Waals surface area contributed by atoms with Crippen LogP contribution in [0.1, 0.15) is 19.4 Å². The van der Waals surface area contributed by atoms with Gasteiger partial charge in [-0.25, -0.2) is 0 Å². The van der Waals surface area contributed by atoms with Gasteiger partial charge in [0.1, 0.15) is 24.1 Å². The van der Waals surface area contributed by atoms with Gasteiger partial charge >= 0.3 is 6.18 Å². The Hall–Kier alpha value is -1.75. The summed E-state index contributed by atoms with van der Waals surface area (Å²) in [7, 11) is 0. The first-order valence-corrected chi connectivity index (χ1v) is 10.1. The number of quaternary nitrogens is 1. The van der Waals surface area contributed by atoms with Crippen LogP contribution in [0.15, 0.2) is 35.4 Å². The second-order valence-corrected chi connectivity index (χ2v) is 8.03. The molecule has 0 saturated carbocycles. The van der Waals surface area contributed by atoms with Gasteiger partial charge in [-0.05, 0) is 31.5 Å². The van der Waals surface area contributed by atoms with E-state index in [1.807, 2.05) is 0 Å². The zero-order valence-corrected chi connectivity index (χ0v) is 17.0. The van der Waals surface area contributed by atoms with Crippen LogP contribution >= 0.6 is 11.8 Å². The van der Waals surface area contributed by atoms with Crippen molar-refractivity contribution in [3.8, 4) is 5.75 Å². The molecule has 0 aliphatic carbocycles. The van der Waals surface area contributed by atoms with E-state index in [1.54, 1.807) is 31.2 Å². The fraction of sp³-hybridized carbons (Fsp3) is 0.526. The number of rotatable bonds is 9. The summed E-state index contributed by atoms with van der Waals surface area (Å²) in [5.74, 6) is -0.186. The molecule has 2 rings (SSSR count). The first-order chi connectivity index (χ1) is 13.5. The van der Waals surface area contributed by atoms with Gasteiger partial charge in [0.05, 0.1) is 12.6 Å². The van der Waals surface area contributed by atoms with E-state index < -0.39 is 40.7 Å². The highest BCUT2D eigenvalue weighted by Crippen LogP contribution is 2.49. The summed E-state index contributed by atoms with van der Waals surface area (Å²) in [6, 6.07) is 6.08. The lowest BCUT2D eigenvalue weighted by molar-refractivity contribution is -0.934. The van der Waals surface area contributed by atoms with Gasteiger partial charge in [0.15, 0.2) is 6.61 Å². The molecule has 1 amide bonds. The molecule has 4 unspecified atom stereocenters. The fourth-order valence-corrected chi connectivity index (χ4v) is 5.23. The predicted molar refractivity (Wildman–Crippen MR) is 104 cm³/mol. The smallest absolute Gasteiger partial charge is 0.452 e. The highest BCUT2D eigenvalue weighted by molar-refractivity contribution is 8.02. The SMILES string of the molecule is CC(O)C1=CSC(C(F)(F)F)[N+]1(CCO)C(C)Cc1ccc(OCC(N)=O)cc1. The Bertz CT molecular complexity index is 740. The molecule has 0 fully saturated rings. The fourth-order valence-electron chi connectivity index (χ4n) is 3.76. The lowest BCUT2D eigenvalue weighted by Crippen LogP contribution is -2.64. The molecule has 1 aromatic carbocycles. The van der Waals surface area contributed by atoms with Crippen molar-refractivity contribution in [3.05, 3.63) is 40.9 Å². The van der Waals surface area contributed by atoms with E-state index in [0.717, 1.165) is 5.56 Å². The van der Waals surface area contributed by atoms with E-state index in [-0.39, 0.29) is 25.3 Å². The number of amides is 1. The van der Waals surface area contributed by atoms with E-state index in [0.29, 0.717) is 17.5 Å². The summed E-state index contributed by atoms with van der Waals surface area (Å²) in [6.45, 7) is 2.26. The number of carbonyl (C=O) groups is 1. The number of aliphatic hydroxyl groups excluding tert-OH is 2. The number of aliphatic hydroxyl groups is 2. The molecule has 1 aliphatic rings. The average Bonchev–Trinajstić information content (AvgIpc) is 3.02. The quantitative estimate of drug-likeness (QED) is 0.517. The second kappa shape index (κ2) is 9.38. The monoisotopic (exact) mass is 435 g/mol. The van der Waals surface area contributed by atoms with Crippen LogP contribution in [0.4, 0.5) is 13.2 Å². The Balaban J connectivity index is 2.30. The Morgan fingerprint density at radius 3 is 2.41 bits per heavy atom. The van der Waals surface area contributed by atoms with Crippen LogP contribution in [0.2, 0.25) is 0 Å². The van der Waals surface area contributed by atoms with E-state index in [9.17, 15) is 28.2 Å². The Kier molecular flexibility index (Phi) is 7.61. The normalized spacial score (nSPS) is 24.1. The number of nitrogens with two attached hydrogens (primary N) is 1. The van der Waals surface area contributed by atoms with Crippen LogP contribution in [-0.4, -0.2) is 64.1 Å². The summed E-state index contributed by atoms with van der Waals surface area (Å²) in [5, 5.41) is 19.3. The third kappa shape index (κ3) is 5.25. The average molecular weight is 435 g/mol. The molecule has 1 heterocycles. The number of halogens is 3. The number of hydrogen-bond acceptors (Lipinski definition) is 5. The van der Waals surface area contributed by atoms with Gasteiger partial charge in [-0.3, -0.25) is 9.28 Å². The molecule has 0 spiro atoms. The van der Waals surface area contributed by atoms with Crippen molar-refractivity contribution in [2.24, 2.45) is 5.73 Å². The van der Waals surface area contributed by atoms with E-state index in [1.165, 1.54) is 12.3 Å². The second-order valence-electron chi connectivity index (χ2n) is 7.08. The highest BCUT2D eigenvalue weighted by atomic mass is 32.2. The summed E-state index contributed by atoms with van der Waals surface area (Å²) in [6.07, 6.45) is -5.30. The molecule has 0 bridgehead atoms. The number of benzene rings is 1. The molecule has 162 valence electrons. The number of hydrogen-bond donors (Lipinski definition) is 3. The zero-order chi connectivity index (χ0) is 21.8. The van der Waals surface area contributed by atoms with Gasteiger partial charge < -0.3 is 20.7 Å². The van der Waals surface area contributed by atoms with Gasteiger partial charge in [0, 0.05) is 11.8 Å². The molecule has 6 nitrogen and oxygen atoms in total. The largest absolute Gasteiger partial charge is 0.484 e. The summed E-state index contributed by atoms with van der Waals surface area (Å²) in [4.78, 5) is 10.8. The Morgan fingerprint density at radius 2 is 1.93 bits per heavy atom. The first kappa shape index (κ1) is 23.5. The molecule has 4 atom stereocenters. The zero-order valence-electron chi connectivity index (χ0n) is 16.2. The predicted octanol–water partition coefficient (Wildman–Crippen LogP) is 2.15. The minimum absolute atomic E-state index is 0.158. The van der Waals surface area contributed by atoms with Crippen LogP contribution in [0.5, 0.6) is 5.75 Å². The number of thioether (sulfide) groups is 1. The topological polar surface area (TPSA) is 92.8 Å². The van der Waals surface area contributed by atoms with Crippen molar-refractivity contribution in [1.82, 2.24) is 0 Å². The molecule has 0 saturated heterocycles. The van der Waals surface area contributed by atoms with Gasteiger partial charge in [0.2, 0.25) is 5.37 Å². The molecular weight excluding hydrogens is 409 g/mol. The third-order valence-corrected chi connectivity index (χ3v) is 6.30. The third-order valence-electron chi connectivity index (χ3n) is 5.02. The van der Waals surface area contributed by atoms with Crippen molar-refractivity contribution in [1.29, 1.82) is 0 Å². The van der Waals surface area contributed by atoms with E-state index in [2.05, 4.69) is 0 Å². The minimum atomic E-state index is -4.51. The van der Waals surface area contributed by atoms with Crippen molar-refractivity contribution in [2.75, 3.05) is 19.8 Å². The van der Waals surface area contributed by atoms with Crippen LogP contribution < -0.4 is 10.5 Å². The number of carbonyl (C=O) groups excluding carboxylic acids is 1. The van der Waals surface area contributed by atoms with E-state index in [4.69, 9.17) is 10.5 Å². The van der Waals surface area contributed by atoms with Gasteiger partial charge in [-0.2, -0.15) is 13.2 Å². The number of alkyl halides is 3. The number of nitrogens with zero attached hydrogens (tertiary/aromatic N) is 1. The minimum Gasteiger partial charge on any atom is -0.484 e. The van der Waals surface area contributed by atoms with Crippen LogP contribution in [0, 0.1) is 0 Å². The molecule has 29 heavy (non-hydrogen) atoms. The van der Waals surface area contributed by atoms with Crippen molar-refractivity contribution < 1.29 is 37.4 Å². The summed E-state index contributed by atoms with van der Waals surface area (Å²) in [5.41, 5.74) is 6.04. The summed E-state index contributed by atoms with van der Waals surface area (Å²) >= 11 is 0.634. The maximum absolute atomic E-state index is 13.8. The Labute approximate surface area is 171 Å². The van der Waals surface area contributed by atoms with Crippen LogP contribution in [0.3, 0.4) is 0 Å². The molecule has 0 aromatic heterocycles. The van der Waals surface area contributed by atoms with Crippen molar-refractivity contribution in [2.45, 2.75) is 44.0 Å². The molecule has 4 N–H and O–H groups in total. The highest BCUT2D eigenvalue weighted by Gasteiger charge is 2.62. The first-order valence-electron chi connectivity index (χ1n) is 9.11. The van der Waals surface area contributed by atoms with E-state index >= 15 is 0 Å². The molecule has 1 aromatic rings. The van der Waals surface area contributed by atoms with Crippen molar-refractivity contribution in [3.63, 3.8) is 0 Å². The van der Waals surface area contributed by atoms with Crippen LogP contribution in [0.25, 0.3) is 0 Å².